The molecule has 3 atom stereocenters. The largest absolute Gasteiger partial charge is 0.345 e. The first-order chi connectivity index (χ1) is 17.5. The summed E-state index contributed by atoms with van der Waals surface area (Å²) >= 11 is 0. The van der Waals surface area contributed by atoms with Crippen molar-refractivity contribution in [3.63, 3.8) is 0 Å². The first-order valence-corrected chi connectivity index (χ1v) is 14.1. The minimum absolute atomic E-state index is 0.0850. The molecule has 0 saturated carbocycles. The summed E-state index contributed by atoms with van der Waals surface area (Å²) in [4.78, 5) is 74.3. The second kappa shape index (κ2) is 14.7. The molecule has 0 fully saturated rings. The Bertz CT molecular complexity index is 1040. The minimum atomic E-state index is -4.68. The summed E-state index contributed by atoms with van der Waals surface area (Å²) in [5.74, 6) is -5.21. The molecule has 0 saturated heterocycles. The first kappa shape index (κ1) is 32.9. The van der Waals surface area contributed by atoms with E-state index in [2.05, 4.69) is 16.0 Å². The van der Waals surface area contributed by atoms with Gasteiger partial charge >= 0.3 is 0 Å². The maximum Gasteiger partial charge on any atom is 0.267 e. The summed E-state index contributed by atoms with van der Waals surface area (Å²) in [6.45, 7) is 8.34. The van der Waals surface area contributed by atoms with Crippen molar-refractivity contribution in [3.05, 3.63) is 12.2 Å². The summed E-state index contributed by atoms with van der Waals surface area (Å²) in [6, 6.07) is -3.63. The van der Waals surface area contributed by atoms with Crippen molar-refractivity contribution < 1.29 is 41.7 Å². The smallest absolute Gasteiger partial charge is 0.267 e. The molecule has 14 heteroatoms. The van der Waals surface area contributed by atoms with Crippen molar-refractivity contribution in [2.75, 3.05) is 12.3 Å². The van der Waals surface area contributed by atoms with Crippen LogP contribution in [0.25, 0.3) is 0 Å². The molecule has 1 heterocycles. The predicted molar refractivity (Wildman–Crippen MR) is 137 cm³/mol. The van der Waals surface area contributed by atoms with E-state index in [4.69, 9.17) is 0 Å². The summed E-state index contributed by atoms with van der Waals surface area (Å²) in [6.07, 6.45) is 3.52. The lowest BCUT2D eigenvalue weighted by atomic mass is 10.00. The Balaban J connectivity index is 2.72. The number of hydrogen-bond donors (Lipinski definition) is 4. The van der Waals surface area contributed by atoms with E-state index in [1.165, 1.54) is 19.1 Å². The van der Waals surface area contributed by atoms with Crippen molar-refractivity contribution in [1.29, 1.82) is 0 Å². The molecule has 1 aliphatic heterocycles. The van der Waals surface area contributed by atoms with E-state index in [1.807, 2.05) is 0 Å². The second-order valence-corrected chi connectivity index (χ2v) is 11.4. The Hall–Kier alpha value is -3.13. The van der Waals surface area contributed by atoms with Gasteiger partial charge in [-0.1, -0.05) is 34.1 Å². The van der Waals surface area contributed by atoms with Crippen molar-refractivity contribution in [2.45, 2.75) is 78.4 Å². The average molecular weight is 559 g/mol. The maximum absolute atomic E-state index is 12.9. The standard InChI is InChI=1S/C24H38N4O9S/c1-14(2)21(24(34)25-16(5)22(32)15(3)4)27-23(33)17(13-38(35,36)37)26-18(29)9-7-6-8-12-28-19(30)10-11-20(28)31/h10-11,14-17,21H,6-9,12-13H2,1-5H3,(H,25,34)(H,26,29)(H,27,33)(H,35,36,37)/t16-,17-,21-/m0/s1. The minimum Gasteiger partial charge on any atom is -0.345 e. The number of nitrogens with one attached hydrogen (secondary N) is 3. The van der Waals surface area contributed by atoms with E-state index in [9.17, 15) is 41.7 Å². The van der Waals surface area contributed by atoms with Crippen LogP contribution in [-0.2, 0) is 38.9 Å². The molecule has 0 aliphatic carbocycles. The van der Waals surface area contributed by atoms with E-state index >= 15 is 0 Å². The zero-order chi connectivity index (χ0) is 29.2. The highest BCUT2D eigenvalue weighted by atomic mass is 32.2. The molecule has 38 heavy (non-hydrogen) atoms. The van der Waals surface area contributed by atoms with Crippen molar-refractivity contribution in [2.24, 2.45) is 11.8 Å². The molecule has 4 N–H and O–H groups in total. The molecule has 0 aromatic rings. The molecule has 1 aliphatic rings. The molecule has 0 aromatic heterocycles. The third-order valence-corrected chi connectivity index (χ3v) is 6.57. The van der Waals surface area contributed by atoms with Crippen LogP contribution in [0.15, 0.2) is 12.2 Å². The van der Waals surface area contributed by atoms with E-state index < -0.39 is 69.5 Å². The van der Waals surface area contributed by atoms with Crippen LogP contribution >= 0.6 is 0 Å². The first-order valence-electron chi connectivity index (χ1n) is 12.5. The highest BCUT2D eigenvalue weighted by Gasteiger charge is 2.32. The van der Waals surface area contributed by atoms with Crippen molar-refractivity contribution >= 4 is 45.4 Å². The van der Waals surface area contributed by atoms with E-state index in [1.54, 1.807) is 27.7 Å². The maximum atomic E-state index is 12.9. The lowest BCUT2D eigenvalue weighted by Gasteiger charge is -2.26. The van der Waals surface area contributed by atoms with Crippen LogP contribution in [0, 0.1) is 11.8 Å². The number of ketones is 1. The van der Waals surface area contributed by atoms with Crippen molar-refractivity contribution in [3.8, 4) is 0 Å². The molecule has 0 unspecified atom stereocenters. The Labute approximate surface area is 222 Å². The van der Waals surface area contributed by atoms with E-state index in [-0.39, 0.29) is 24.7 Å². The normalized spacial score (nSPS) is 15.9. The SMILES string of the molecule is CC(C)C(=O)[C@H](C)NC(=O)[C@@H](NC(=O)[C@H](CS(=O)(=O)O)NC(=O)CCCCCN1C(=O)C=CC1=O)C(C)C. The number of hydrogen-bond acceptors (Lipinski definition) is 8. The summed E-state index contributed by atoms with van der Waals surface area (Å²) < 4.78 is 32.3. The van der Waals surface area contributed by atoms with Crippen LogP contribution in [0.4, 0.5) is 0 Å². The van der Waals surface area contributed by atoms with Crippen molar-refractivity contribution in [1.82, 2.24) is 20.9 Å². The number of imide groups is 1. The molecular formula is C24H38N4O9S. The van der Waals surface area contributed by atoms with Crippen LogP contribution in [0.2, 0.25) is 0 Å². The average Bonchev–Trinajstić information content (AvgIpc) is 3.11. The van der Waals surface area contributed by atoms with Crippen LogP contribution in [0.1, 0.15) is 60.3 Å². The fourth-order valence-electron chi connectivity index (χ4n) is 3.71. The van der Waals surface area contributed by atoms with Gasteiger partial charge in [-0.3, -0.25) is 38.2 Å². The fourth-order valence-corrected chi connectivity index (χ4v) is 4.36. The van der Waals surface area contributed by atoms with Gasteiger partial charge in [0.05, 0.1) is 6.04 Å². The molecule has 1 rings (SSSR count). The van der Waals surface area contributed by atoms with Gasteiger partial charge in [0, 0.05) is 31.0 Å². The Morgan fingerprint density at radius 2 is 1.45 bits per heavy atom. The van der Waals surface area contributed by atoms with Gasteiger partial charge in [0.15, 0.2) is 5.78 Å². The van der Waals surface area contributed by atoms with Gasteiger partial charge < -0.3 is 16.0 Å². The van der Waals surface area contributed by atoms with Crippen LogP contribution in [-0.4, -0.2) is 83.6 Å². The summed E-state index contributed by atoms with van der Waals surface area (Å²) in [7, 11) is -4.68. The number of Topliss-reactive ketones (excluding diaryl/α,β-unsaturated/α-hetero) is 1. The van der Waals surface area contributed by atoms with Crippen LogP contribution < -0.4 is 16.0 Å². The predicted octanol–water partition coefficient (Wildman–Crippen LogP) is -0.285. The van der Waals surface area contributed by atoms with Crippen LogP contribution in [0.3, 0.4) is 0 Å². The topological polar surface area (TPSA) is 196 Å². The summed E-state index contributed by atoms with van der Waals surface area (Å²) in [5.41, 5.74) is 0. The molecule has 0 radical (unpaired) electrons. The van der Waals surface area contributed by atoms with E-state index in [0.29, 0.717) is 19.3 Å². The quantitative estimate of drug-likeness (QED) is 0.112. The zero-order valence-electron chi connectivity index (χ0n) is 22.4. The number of carbonyl (C=O) groups excluding carboxylic acids is 6. The van der Waals surface area contributed by atoms with Gasteiger partial charge in [-0.05, 0) is 25.7 Å². The number of unbranched alkanes of at least 4 members (excludes halogenated alkanes) is 2. The zero-order valence-corrected chi connectivity index (χ0v) is 23.2. The van der Waals surface area contributed by atoms with E-state index in [0.717, 1.165) is 4.90 Å². The molecule has 5 amide bonds. The van der Waals surface area contributed by atoms with Gasteiger partial charge in [-0.25, -0.2) is 0 Å². The molecule has 214 valence electrons. The Kier molecular flexibility index (Phi) is 12.7. The Morgan fingerprint density at radius 3 is 1.95 bits per heavy atom. The number of carbonyl (C=O) groups is 6. The highest BCUT2D eigenvalue weighted by molar-refractivity contribution is 7.85. The lowest BCUT2D eigenvalue weighted by molar-refractivity contribution is -0.137. The molecule has 0 bridgehead atoms. The molecule has 0 spiro atoms. The van der Waals surface area contributed by atoms with Gasteiger partial charge in [0.2, 0.25) is 17.7 Å². The van der Waals surface area contributed by atoms with Gasteiger partial charge in [-0.15, -0.1) is 0 Å². The van der Waals surface area contributed by atoms with Gasteiger partial charge in [-0.2, -0.15) is 8.42 Å². The molecular weight excluding hydrogens is 520 g/mol. The second-order valence-electron chi connectivity index (χ2n) is 9.86. The Morgan fingerprint density at radius 1 is 0.868 bits per heavy atom. The van der Waals surface area contributed by atoms with Crippen LogP contribution in [0.5, 0.6) is 0 Å². The summed E-state index contributed by atoms with van der Waals surface area (Å²) in [5, 5.41) is 7.21. The molecule has 0 aromatic carbocycles. The van der Waals surface area contributed by atoms with Gasteiger partial charge in [0.25, 0.3) is 21.9 Å². The lowest BCUT2D eigenvalue weighted by Crippen LogP contribution is -2.58. The number of nitrogens with zero attached hydrogens (tertiary/aromatic N) is 1. The monoisotopic (exact) mass is 558 g/mol. The highest BCUT2D eigenvalue weighted by Crippen LogP contribution is 2.09. The third kappa shape index (κ3) is 11.1. The fraction of sp³-hybridized carbons (Fsp3) is 0.667. The van der Waals surface area contributed by atoms with Gasteiger partial charge in [0.1, 0.15) is 17.8 Å². The third-order valence-electron chi connectivity index (χ3n) is 5.82. The molecule has 13 nitrogen and oxygen atoms in total. The number of rotatable bonds is 16. The number of amides is 5.